The maximum absolute atomic E-state index is 11.3. The van der Waals surface area contributed by atoms with Crippen molar-refractivity contribution >= 4 is 11.1 Å². The van der Waals surface area contributed by atoms with Crippen LogP contribution < -0.4 is 0 Å². The average molecular weight is 172 g/mol. The molecule has 2 nitrogen and oxygen atoms in total. The number of hydrogen-bond acceptors (Lipinski definition) is 2. The van der Waals surface area contributed by atoms with Crippen LogP contribution in [0, 0.1) is 11.3 Å². The number of fused-ring (bicyclic) bond motifs is 1. The lowest BCUT2D eigenvalue weighted by Crippen LogP contribution is -2.22. The van der Waals surface area contributed by atoms with Crippen LogP contribution in [0.4, 0.5) is 0 Å². The molecule has 1 aliphatic heterocycles. The van der Waals surface area contributed by atoms with Gasteiger partial charge < -0.3 is 0 Å². The van der Waals surface area contributed by atoms with Crippen LogP contribution in [0.15, 0.2) is 0 Å². The molecule has 3 heteroatoms. The van der Waals surface area contributed by atoms with Gasteiger partial charge in [-0.2, -0.15) is 0 Å². The summed E-state index contributed by atoms with van der Waals surface area (Å²) in [5.41, 5.74) is 0.478. The van der Waals surface area contributed by atoms with Crippen LogP contribution in [0.1, 0.15) is 26.2 Å². The van der Waals surface area contributed by atoms with Crippen molar-refractivity contribution in [2.45, 2.75) is 37.5 Å². The lowest BCUT2D eigenvalue weighted by atomic mass is 9.86. The van der Waals surface area contributed by atoms with E-state index in [4.69, 9.17) is 4.18 Å². The van der Waals surface area contributed by atoms with E-state index in [1.807, 2.05) is 0 Å². The van der Waals surface area contributed by atoms with Gasteiger partial charge in [-0.25, -0.2) is 4.21 Å². The minimum absolute atomic E-state index is 0.347. The van der Waals surface area contributed by atoms with Crippen LogP contribution in [0.3, 0.4) is 0 Å². The van der Waals surface area contributed by atoms with Crippen molar-refractivity contribution in [1.82, 2.24) is 0 Å². The van der Waals surface area contributed by atoms with Gasteiger partial charge >= 0.3 is 0 Å². The lowest BCUT2D eigenvalue weighted by molar-refractivity contribution is 0.183. The van der Waals surface area contributed by atoms with Gasteiger partial charge in [0.05, 0.1) is 11.4 Å². The van der Waals surface area contributed by atoms with Gasteiger partial charge in [0.15, 0.2) is 11.1 Å². The topological polar surface area (TPSA) is 26.3 Å². The maximum atomic E-state index is 11.3. The summed E-state index contributed by atoms with van der Waals surface area (Å²) in [4.78, 5) is 0. The summed E-state index contributed by atoms with van der Waals surface area (Å²) < 4.78 is 16.7. The molecule has 0 aromatic heterocycles. The first-order valence-corrected chi connectivity index (χ1v) is 5.39. The Bertz CT molecular complexity index is 236. The second-order valence-corrected chi connectivity index (χ2v) is 5.84. The van der Waals surface area contributed by atoms with Gasteiger partial charge in [0.25, 0.3) is 0 Å². The fourth-order valence-corrected chi connectivity index (χ4v) is 4.80. The van der Waals surface area contributed by atoms with E-state index in [0.29, 0.717) is 22.7 Å². The van der Waals surface area contributed by atoms with E-state index in [9.17, 15) is 4.21 Å². The van der Waals surface area contributed by atoms with Gasteiger partial charge in [-0.05, 0) is 24.7 Å². The van der Waals surface area contributed by atoms with Crippen LogP contribution in [-0.2, 0) is 15.3 Å². The molecular weight excluding hydrogens is 160 g/mol. The molecular formula is C8H12O2S. The van der Waals surface area contributed by atoms with E-state index in [1.165, 1.54) is 6.42 Å². The fraction of sp³-hybridized carbons (Fsp3) is 1.00. The van der Waals surface area contributed by atoms with Gasteiger partial charge in [0.1, 0.15) is 0 Å². The van der Waals surface area contributed by atoms with Gasteiger partial charge in [-0.1, -0.05) is 6.92 Å². The minimum atomic E-state index is -0.943. The molecule has 1 heterocycles. The van der Waals surface area contributed by atoms with Gasteiger partial charge in [0, 0.05) is 5.92 Å². The van der Waals surface area contributed by atoms with Crippen molar-refractivity contribution in [3.05, 3.63) is 0 Å². The third-order valence-electron chi connectivity index (χ3n) is 3.54. The Morgan fingerprint density at radius 2 is 2.27 bits per heavy atom. The van der Waals surface area contributed by atoms with Gasteiger partial charge in [-0.3, -0.25) is 4.18 Å². The average Bonchev–Trinajstić information content (AvgIpc) is 2.41. The summed E-state index contributed by atoms with van der Waals surface area (Å²) in [5, 5.41) is 0.388. The van der Waals surface area contributed by atoms with Crippen molar-refractivity contribution in [3.63, 3.8) is 0 Å². The molecule has 0 radical (unpaired) electrons. The third-order valence-corrected chi connectivity index (χ3v) is 4.98. The first-order chi connectivity index (χ1) is 5.18. The molecule has 2 bridgehead atoms. The minimum Gasteiger partial charge on any atom is -0.287 e. The monoisotopic (exact) mass is 172 g/mol. The van der Waals surface area contributed by atoms with E-state index in [-0.39, 0.29) is 0 Å². The van der Waals surface area contributed by atoms with Crippen LogP contribution in [0.25, 0.3) is 0 Å². The van der Waals surface area contributed by atoms with Crippen LogP contribution >= 0.6 is 0 Å². The maximum Gasteiger partial charge on any atom is 0.159 e. The van der Waals surface area contributed by atoms with Crippen molar-refractivity contribution < 1.29 is 8.39 Å². The van der Waals surface area contributed by atoms with E-state index in [2.05, 4.69) is 6.92 Å². The quantitative estimate of drug-likeness (QED) is 0.549. The molecule has 2 aliphatic carbocycles. The highest BCUT2D eigenvalue weighted by Gasteiger charge is 2.60. The Hall–Kier alpha value is 0.110. The van der Waals surface area contributed by atoms with E-state index >= 15 is 0 Å². The second-order valence-electron chi connectivity index (χ2n) is 4.52. The normalized spacial score (nSPS) is 65.9. The number of hydrogen-bond donors (Lipinski definition) is 0. The number of rotatable bonds is 0. The fourth-order valence-electron chi connectivity index (χ4n) is 3.10. The SMILES string of the molecule is CC12CC3OS(=O)C(C1)C3C2. The van der Waals surface area contributed by atoms with Crippen molar-refractivity contribution in [2.75, 3.05) is 0 Å². The van der Waals surface area contributed by atoms with E-state index in [0.717, 1.165) is 12.8 Å². The molecule has 0 N–H and O–H groups in total. The molecule has 0 spiro atoms. The van der Waals surface area contributed by atoms with E-state index < -0.39 is 11.1 Å². The van der Waals surface area contributed by atoms with Crippen molar-refractivity contribution in [2.24, 2.45) is 11.3 Å². The Balaban J connectivity index is 2.06. The highest BCUT2D eigenvalue weighted by Crippen LogP contribution is 2.59. The van der Waals surface area contributed by atoms with E-state index in [1.54, 1.807) is 0 Å². The Labute approximate surface area is 69.0 Å². The van der Waals surface area contributed by atoms with Crippen molar-refractivity contribution in [1.29, 1.82) is 0 Å². The highest BCUT2D eigenvalue weighted by molar-refractivity contribution is 7.81. The van der Waals surface area contributed by atoms with Gasteiger partial charge in [-0.15, -0.1) is 0 Å². The Morgan fingerprint density at radius 1 is 1.45 bits per heavy atom. The first-order valence-electron chi connectivity index (χ1n) is 4.26. The summed E-state index contributed by atoms with van der Waals surface area (Å²) in [5.74, 6) is 0.640. The van der Waals surface area contributed by atoms with Crippen molar-refractivity contribution in [3.8, 4) is 0 Å². The molecule has 3 fully saturated rings. The molecule has 5 unspecified atom stereocenters. The zero-order valence-electron chi connectivity index (χ0n) is 6.58. The largest absolute Gasteiger partial charge is 0.287 e. The molecule has 5 atom stereocenters. The molecule has 62 valence electrons. The molecule has 0 amide bonds. The van der Waals surface area contributed by atoms with Gasteiger partial charge in [0.2, 0.25) is 0 Å². The first kappa shape index (κ1) is 6.61. The summed E-state index contributed by atoms with van der Waals surface area (Å²) in [6.07, 6.45) is 3.90. The zero-order chi connectivity index (χ0) is 7.64. The predicted molar refractivity (Wildman–Crippen MR) is 42.3 cm³/mol. The molecule has 3 rings (SSSR count). The molecule has 1 saturated heterocycles. The summed E-state index contributed by atoms with van der Waals surface area (Å²) in [6.45, 7) is 2.31. The zero-order valence-corrected chi connectivity index (χ0v) is 7.39. The smallest absolute Gasteiger partial charge is 0.159 e. The Kier molecular flexibility index (Phi) is 1.03. The Morgan fingerprint density at radius 3 is 2.82 bits per heavy atom. The summed E-state index contributed by atoms with van der Waals surface area (Å²) >= 11 is -0.943. The predicted octanol–water partition coefficient (Wildman–Crippen LogP) is 1.24. The molecule has 0 aromatic carbocycles. The van der Waals surface area contributed by atoms with Crippen LogP contribution in [0.5, 0.6) is 0 Å². The van der Waals surface area contributed by atoms with Crippen LogP contribution in [0.2, 0.25) is 0 Å². The third kappa shape index (κ3) is 0.687. The summed E-state index contributed by atoms with van der Waals surface area (Å²) in [7, 11) is 0. The molecule has 3 aliphatic rings. The molecule has 2 saturated carbocycles. The highest BCUT2D eigenvalue weighted by atomic mass is 32.2. The molecule has 11 heavy (non-hydrogen) atoms. The standard InChI is InChI=1S/C8H12O2S/c1-8-2-5-6(3-8)10-11(9)7(5)4-8/h5-7H,2-4H2,1H3. The molecule has 0 aromatic rings. The second kappa shape index (κ2) is 1.72. The summed E-state index contributed by atoms with van der Waals surface area (Å²) in [6, 6.07) is 0. The van der Waals surface area contributed by atoms with Crippen LogP contribution in [-0.4, -0.2) is 15.6 Å². The lowest BCUT2D eigenvalue weighted by Gasteiger charge is -2.21.